The third-order valence-electron chi connectivity index (χ3n) is 3.90. The van der Waals surface area contributed by atoms with Crippen LogP contribution in [0.15, 0.2) is 12.4 Å². The Bertz CT molecular complexity index is 334. The topological polar surface area (TPSA) is 55.9 Å². The van der Waals surface area contributed by atoms with Crippen LogP contribution in [0, 0.1) is 11.8 Å². The van der Waals surface area contributed by atoms with Crippen LogP contribution >= 0.6 is 0 Å². The summed E-state index contributed by atoms with van der Waals surface area (Å²) >= 11 is 0. The number of aryl methyl sites for hydroxylation is 1. The first-order chi connectivity index (χ1) is 7.77. The van der Waals surface area contributed by atoms with E-state index in [0.29, 0.717) is 5.92 Å². The number of nitrogens with zero attached hydrogens (tertiary/aromatic N) is 2. The van der Waals surface area contributed by atoms with Crippen LogP contribution in [0.1, 0.15) is 45.0 Å². The van der Waals surface area contributed by atoms with Crippen molar-refractivity contribution in [3.8, 4) is 0 Å². The molecule has 0 radical (unpaired) electrons. The van der Waals surface area contributed by atoms with Gasteiger partial charge in [0, 0.05) is 18.9 Å². The molecule has 1 aromatic heterocycles. The van der Waals surface area contributed by atoms with Crippen LogP contribution in [-0.2, 0) is 6.54 Å². The fourth-order valence-electron chi connectivity index (χ4n) is 2.93. The van der Waals surface area contributed by atoms with Gasteiger partial charge < -0.3 is 4.57 Å². The summed E-state index contributed by atoms with van der Waals surface area (Å²) in [6.45, 7) is 5.41. The minimum Gasteiger partial charge on any atom is -0.334 e. The monoisotopic (exact) mass is 222 g/mol. The van der Waals surface area contributed by atoms with E-state index < -0.39 is 0 Å². The molecular formula is C12H22N4. The first-order valence-corrected chi connectivity index (χ1v) is 6.25. The van der Waals surface area contributed by atoms with E-state index in [-0.39, 0.29) is 6.04 Å². The Balaban J connectivity index is 2.21. The molecule has 0 spiro atoms. The van der Waals surface area contributed by atoms with Crippen LogP contribution in [-0.4, -0.2) is 9.55 Å². The molecule has 1 fully saturated rings. The largest absolute Gasteiger partial charge is 0.334 e. The summed E-state index contributed by atoms with van der Waals surface area (Å²) in [5.41, 5.74) is 2.97. The number of nitrogens with one attached hydrogen (secondary N) is 1. The van der Waals surface area contributed by atoms with Crippen molar-refractivity contribution in [3.63, 3.8) is 0 Å². The lowest BCUT2D eigenvalue weighted by atomic mass is 9.90. The standard InChI is InChI=1S/C12H22N4/c1-3-16-8-7-14-12(16)11(15-13)10-6-4-5-9(10)2/h7-11,15H,3-6,13H2,1-2H3. The maximum absolute atomic E-state index is 5.73. The van der Waals surface area contributed by atoms with Crippen LogP contribution in [0.25, 0.3) is 0 Å². The van der Waals surface area contributed by atoms with Crippen molar-refractivity contribution >= 4 is 0 Å². The number of hydrogen-bond donors (Lipinski definition) is 2. The van der Waals surface area contributed by atoms with Crippen molar-refractivity contribution in [1.82, 2.24) is 15.0 Å². The lowest BCUT2D eigenvalue weighted by Gasteiger charge is -2.26. The Morgan fingerprint density at radius 1 is 1.62 bits per heavy atom. The quantitative estimate of drug-likeness (QED) is 0.604. The highest BCUT2D eigenvalue weighted by Gasteiger charge is 2.33. The lowest BCUT2D eigenvalue weighted by molar-refractivity contribution is 0.288. The summed E-state index contributed by atoms with van der Waals surface area (Å²) in [6, 6.07) is 0.201. The molecule has 90 valence electrons. The van der Waals surface area contributed by atoms with Gasteiger partial charge in [0.25, 0.3) is 0 Å². The van der Waals surface area contributed by atoms with Gasteiger partial charge in [0.2, 0.25) is 0 Å². The Labute approximate surface area is 97.2 Å². The van der Waals surface area contributed by atoms with E-state index in [1.165, 1.54) is 19.3 Å². The second-order valence-electron chi connectivity index (χ2n) is 4.79. The van der Waals surface area contributed by atoms with Gasteiger partial charge >= 0.3 is 0 Å². The summed E-state index contributed by atoms with van der Waals surface area (Å²) < 4.78 is 2.18. The number of hydrazine groups is 1. The molecule has 1 heterocycles. The van der Waals surface area contributed by atoms with Gasteiger partial charge in [-0.1, -0.05) is 19.8 Å². The molecule has 3 unspecified atom stereocenters. The molecule has 4 heteroatoms. The second-order valence-corrected chi connectivity index (χ2v) is 4.79. The predicted molar refractivity (Wildman–Crippen MR) is 64.5 cm³/mol. The Morgan fingerprint density at radius 3 is 3.00 bits per heavy atom. The van der Waals surface area contributed by atoms with Crippen LogP contribution in [0.3, 0.4) is 0 Å². The van der Waals surface area contributed by atoms with E-state index in [0.717, 1.165) is 18.3 Å². The van der Waals surface area contributed by atoms with Gasteiger partial charge in [-0.05, 0) is 25.2 Å². The summed E-state index contributed by atoms with van der Waals surface area (Å²) in [7, 11) is 0. The molecule has 3 N–H and O–H groups in total. The van der Waals surface area contributed by atoms with E-state index in [9.17, 15) is 0 Å². The number of hydrogen-bond acceptors (Lipinski definition) is 3. The van der Waals surface area contributed by atoms with Gasteiger partial charge in [0.05, 0.1) is 6.04 Å². The Kier molecular flexibility index (Phi) is 3.61. The van der Waals surface area contributed by atoms with Crippen molar-refractivity contribution in [2.45, 2.75) is 45.7 Å². The van der Waals surface area contributed by atoms with E-state index in [1.807, 2.05) is 12.4 Å². The highest BCUT2D eigenvalue weighted by molar-refractivity contribution is 5.03. The van der Waals surface area contributed by atoms with Gasteiger partial charge in [0.1, 0.15) is 5.82 Å². The molecular weight excluding hydrogens is 200 g/mol. The highest BCUT2D eigenvalue weighted by atomic mass is 15.3. The van der Waals surface area contributed by atoms with Gasteiger partial charge in [-0.2, -0.15) is 0 Å². The van der Waals surface area contributed by atoms with E-state index in [2.05, 4.69) is 28.8 Å². The van der Waals surface area contributed by atoms with E-state index in [1.54, 1.807) is 0 Å². The summed E-state index contributed by atoms with van der Waals surface area (Å²) in [4.78, 5) is 4.46. The number of aromatic nitrogens is 2. The molecule has 1 aromatic rings. The van der Waals surface area contributed by atoms with Gasteiger partial charge in [-0.3, -0.25) is 5.84 Å². The maximum atomic E-state index is 5.73. The predicted octanol–water partition coefficient (Wildman–Crippen LogP) is 1.84. The molecule has 1 saturated carbocycles. The normalized spacial score (nSPS) is 27.2. The molecule has 0 bridgehead atoms. The zero-order valence-corrected chi connectivity index (χ0v) is 10.2. The minimum atomic E-state index is 0.201. The lowest BCUT2D eigenvalue weighted by Crippen LogP contribution is -2.36. The molecule has 3 atom stereocenters. The van der Waals surface area contributed by atoms with Gasteiger partial charge in [-0.15, -0.1) is 0 Å². The molecule has 0 amide bonds. The maximum Gasteiger partial charge on any atom is 0.127 e. The van der Waals surface area contributed by atoms with Crippen molar-refractivity contribution in [2.75, 3.05) is 0 Å². The third-order valence-corrected chi connectivity index (χ3v) is 3.90. The number of rotatable bonds is 4. The molecule has 0 saturated heterocycles. The summed E-state index contributed by atoms with van der Waals surface area (Å²) in [5, 5.41) is 0. The van der Waals surface area contributed by atoms with Crippen LogP contribution in [0.5, 0.6) is 0 Å². The molecule has 0 aromatic carbocycles. The first-order valence-electron chi connectivity index (χ1n) is 6.25. The first kappa shape index (κ1) is 11.6. The second kappa shape index (κ2) is 4.97. The third kappa shape index (κ3) is 1.99. The molecule has 1 aliphatic carbocycles. The zero-order valence-electron chi connectivity index (χ0n) is 10.2. The van der Waals surface area contributed by atoms with Crippen LogP contribution < -0.4 is 11.3 Å². The van der Waals surface area contributed by atoms with E-state index in [4.69, 9.17) is 5.84 Å². The minimum absolute atomic E-state index is 0.201. The number of imidazole rings is 1. The van der Waals surface area contributed by atoms with Gasteiger partial charge in [0.15, 0.2) is 0 Å². The highest BCUT2D eigenvalue weighted by Crippen LogP contribution is 2.39. The van der Waals surface area contributed by atoms with E-state index >= 15 is 0 Å². The van der Waals surface area contributed by atoms with Crippen LogP contribution in [0.4, 0.5) is 0 Å². The average molecular weight is 222 g/mol. The zero-order chi connectivity index (χ0) is 11.5. The molecule has 1 aliphatic rings. The summed E-state index contributed by atoms with van der Waals surface area (Å²) in [6.07, 6.45) is 7.78. The van der Waals surface area contributed by atoms with Crippen LogP contribution in [0.2, 0.25) is 0 Å². The van der Waals surface area contributed by atoms with Crippen molar-refractivity contribution in [1.29, 1.82) is 0 Å². The average Bonchev–Trinajstić information content (AvgIpc) is 2.90. The van der Waals surface area contributed by atoms with Crippen molar-refractivity contribution in [2.24, 2.45) is 17.7 Å². The summed E-state index contributed by atoms with van der Waals surface area (Å²) in [5.74, 6) is 8.17. The van der Waals surface area contributed by atoms with Crippen molar-refractivity contribution < 1.29 is 0 Å². The SMILES string of the molecule is CCn1ccnc1C(NN)C1CCCC1C. The Hall–Kier alpha value is -0.870. The Morgan fingerprint density at radius 2 is 2.44 bits per heavy atom. The number of nitrogens with two attached hydrogens (primary N) is 1. The fourth-order valence-corrected chi connectivity index (χ4v) is 2.93. The fraction of sp³-hybridized carbons (Fsp3) is 0.750. The molecule has 0 aliphatic heterocycles. The molecule has 4 nitrogen and oxygen atoms in total. The smallest absolute Gasteiger partial charge is 0.127 e. The van der Waals surface area contributed by atoms with Crippen molar-refractivity contribution in [3.05, 3.63) is 18.2 Å². The van der Waals surface area contributed by atoms with Gasteiger partial charge in [-0.25, -0.2) is 10.4 Å². The molecule has 2 rings (SSSR count). The molecule has 16 heavy (non-hydrogen) atoms.